The fourth-order valence-electron chi connectivity index (χ4n) is 1.96. The summed E-state index contributed by atoms with van der Waals surface area (Å²) in [6.07, 6.45) is 1.78. The molecule has 20 heavy (non-hydrogen) atoms. The number of nitrogens with two attached hydrogens (primary N) is 1. The summed E-state index contributed by atoms with van der Waals surface area (Å²) >= 11 is 3.39. The first-order chi connectivity index (χ1) is 9.70. The van der Waals surface area contributed by atoms with E-state index in [9.17, 15) is 0 Å². The van der Waals surface area contributed by atoms with E-state index in [4.69, 9.17) is 5.73 Å². The van der Waals surface area contributed by atoms with E-state index in [1.807, 2.05) is 31.2 Å². The van der Waals surface area contributed by atoms with Crippen LogP contribution in [0, 0.1) is 0 Å². The van der Waals surface area contributed by atoms with Crippen LogP contribution in [0.5, 0.6) is 0 Å². The van der Waals surface area contributed by atoms with Crippen LogP contribution in [0.15, 0.2) is 34.9 Å². The second-order valence-corrected chi connectivity index (χ2v) is 5.01. The van der Waals surface area contributed by atoms with E-state index >= 15 is 0 Å². The molecule has 1 aromatic carbocycles. The van der Waals surface area contributed by atoms with Crippen molar-refractivity contribution in [3.8, 4) is 5.95 Å². The summed E-state index contributed by atoms with van der Waals surface area (Å²) in [5.74, 6) is 1.49. The Balaban J connectivity index is 2.19. The van der Waals surface area contributed by atoms with E-state index in [0.29, 0.717) is 22.1 Å². The Kier molecular flexibility index (Phi) is 3.27. The van der Waals surface area contributed by atoms with Crippen molar-refractivity contribution in [2.45, 2.75) is 6.92 Å². The Morgan fingerprint density at radius 3 is 2.90 bits per heavy atom. The monoisotopic (exact) mass is 332 g/mol. The summed E-state index contributed by atoms with van der Waals surface area (Å²) in [6, 6.07) is 7.88. The molecule has 3 aromatic rings. The normalized spacial score (nSPS) is 10.9. The van der Waals surface area contributed by atoms with E-state index in [2.05, 4.69) is 36.3 Å². The van der Waals surface area contributed by atoms with Gasteiger partial charge < -0.3 is 11.1 Å². The fourth-order valence-corrected chi connectivity index (χ4v) is 2.28. The lowest BCUT2D eigenvalue weighted by molar-refractivity contribution is 0.834. The third kappa shape index (κ3) is 2.09. The van der Waals surface area contributed by atoms with Gasteiger partial charge in [0.1, 0.15) is 16.1 Å². The molecule has 0 aliphatic heterocycles. The molecule has 6 nitrogen and oxygen atoms in total. The van der Waals surface area contributed by atoms with Crippen molar-refractivity contribution in [1.82, 2.24) is 19.7 Å². The van der Waals surface area contributed by atoms with Gasteiger partial charge in [0, 0.05) is 11.9 Å². The zero-order chi connectivity index (χ0) is 14.1. The molecule has 3 rings (SSSR count). The van der Waals surface area contributed by atoms with Crippen LogP contribution in [-0.2, 0) is 0 Å². The molecule has 2 aromatic heterocycles. The molecule has 3 N–H and O–H groups in total. The summed E-state index contributed by atoms with van der Waals surface area (Å²) in [5, 5.41) is 8.51. The van der Waals surface area contributed by atoms with Crippen LogP contribution in [0.4, 0.5) is 11.6 Å². The second kappa shape index (κ2) is 5.09. The molecule has 0 bridgehead atoms. The predicted molar refractivity (Wildman–Crippen MR) is 82.9 cm³/mol. The molecule has 2 heterocycles. The van der Waals surface area contributed by atoms with Gasteiger partial charge in [0.15, 0.2) is 0 Å². The standard InChI is InChI=1S/C13H13BrN6/c1-2-16-12-10(14)11(15)18-13(19-12)20-9-6-4-3-5-8(9)7-17-20/h3-7H,2H2,1H3,(H3,15,16,18,19). The van der Waals surface area contributed by atoms with Gasteiger partial charge in [-0.2, -0.15) is 19.7 Å². The van der Waals surface area contributed by atoms with E-state index in [1.165, 1.54) is 0 Å². The Labute approximate surface area is 124 Å². The molecule has 7 heteroatoms. The predicted octanol–water partition coefficient (Wildman–Crippen LogP) is 2.59. The van der Waals surface area contributed by atoms with Crippen molar-refractivity contribution in [2.75, 3.05) is 17.6 Å². The Hall–Kier alpha value is -2.15. The molecular weight excluding hydrogens is 320 g/mol. The number of para-hydroxylation sites is 1. The average molecular weight is 333 g/mol. The van der Waals surface area contributed by atoms with Crippen molar-refractivity contribution in [1.29, 1.82) is 0 Å². The quantitative estimate of drug-likeness (QED) is 0.770. The third-order valence-corrected chi connectivity index (χ3v) is 3.66. The topological polar surface area (TPSA) is 81.7 Å². The average Bonchev–Trinajstić information content (AvgIpc) is 2.88. The van der Waals surface area contributed by atoms with E-state index < -0.39 is 0 Å². The first kappa shape index (κ1) is 12.9. The highest BCUT2D eigenvalue weighted by Crippen LogP contribution is 2.27. The lowest BCUT2D eigenvalue weighted by Crippen LogP contribution is -2.10. The maximum Gasteiger partial charge on any atom is 0.255 e. The van der Waals surface area contributed by atoms with E-state index in [-0.39, 0.29) is 0 Å². The lowest BCUT2D eigenvalue weighted by atomic mass is 10.3. The van der Waals surface area contributed by atoms with Crippen molar-refractivity contribution in [3.05, 3.63) is 34.9 Å². The van der Waals surface area contributed by atoms with Gasteiger partial charge >= 0.3 is 0 Å². The lowest BCUT2D eigenvalue weighted by Gasteiger charge is -2.10. The van der Waals surface area contributed by atoms with Gasteiger partial charge in [-0.15, -0.1) is 0 Å². The van der Waals surface area contributed by atoms with E-state index in [0.717, 1.165) is 17.4 Å². The third-order valence-electron chi connectivity index (χ3n) is 2.88. The summed E-state index contributed by atoms with van der Waals surface area (Å²) < 4.78 is 2.35. The summed E-state index contributed by atoms with van der Waals surface area (Å²) in [7, 11) is 0. The molecule has 102 valence electrons. The van der Waals surface area contributed by atoms with Crippen LogP contribution in [-0.4, -0.2) is 26.3 Å². The minimum atomic E-state index is 0.380. The zero-order valence-corrected chi connectivity index (χ0v) is 12.4. The van der Waals surface area contributed by atoms with Crippen LogP contribution in [0.2, 0.25) is 0 Å². The van der Waals surface area contributed by atoms with Crippen molar-refractivity contribution < 1.29 is 0 Å². The summed E-state index contributed by atoms with van der Waals surface area (Å²) in [4.78, 5) is 8.76. The first-order valence-corrected chi connectivity index (χ1v) is 7.00. The number of aromatic nitrogens is 4. The fraction of sp³-hybridized carbons (Fsp3) is 0.154. The van der Waals surface area contributed by atoms with Crippen LogP contribution in [0.1, 0.15) is 6.92 Å². The molecule has 0 aliphatic carbocycles. The zero-order valence-electron chi connectivity index (χ0n) is 10.8. The molecule has 0 fully saturated rings. The number of fused-ring (bicyclic) bond motifs is 1. The SMILES string of the molecule is CCNc1nc(-n2ncc3ccccc32)nc(N)c1Br. The minimum absolute atomic E-state index is 0.380. The summed E-state index contributed by atoms with van der Waals surface area (Å²) in [5.41, 5.74) is 6.86. The minimum Gasteiger partial charge on any atom is -0.383 e. The number of rotatable bonds is 3. The Morgan fingerprint density at radius 1 is 1.30 bits per heavy atom. The van der Waals surface area contributed by atoms with Crippen molar-refractivity contribution in [2.24, 2.45) is 0 Å². The largest absolute Gasteiger partial charge is 0.383 e. The highest BCUT2D eigenvalue weighted by Gasteiger charge is 2.13. The number of nitrogens with one attached hydrogen (secondary N) is 1. The van der Waals surface area contributed by atoms with Crippen molar-refractivity contribution in [3.63, 3.8) is 0 Å². The molecule has 0 atom stereocenters. The van der Waals surface area contributed by atoms with Crippen molar-refractivity contribution >= 4 is 38.5 Å². The van der Waals surface area contributed by atoms with Gasteiger partial charge in [0.2, 0.25) is 0 Å². The van der Waals surface area contributed by atoms with Gasteiger partial charge in [-0.1, -0.05) is 18.2 Å². The number of nitrogen functional groups attached to an aromatic ring is 1. The number of nitrogens with zero attached hydrogens (tertiary/aromatic N) is 4. The van der Waals surface area contributed by atoms with Gasteiger partial charge in [0.05, 0.1) is 11.7 Å². The van der Waals surface area contributed by atoms with Crippen LogP contribution >= 0.6 is 15.9 Å². The molecular formula is C13H13BrN6. The molecule has 0 saturated heterocycles. The smallest absolute Gasteiger partial charge is 0.255 e. The molecule has 0 amide bonds. The Bertz CT molecular complexity index is 767. The number of anilines is 2. The maximum atomic E-state index is 5.92. The van der Waals surface area contributed by atoms with E-state index in [1.54, 1.807) is 10.9 Å². The molecule has 0 unspecified atom stereocenters. The van der Waals surface area contributed by atoms with Gasteiger partial charge in [0.25, 0.3) is 5.95 Å². The highest BCUT2D eigenvalue weighted by molar-refractivity contribution is 9.10. The van der Waals surface area contributed by atoms with Crippen LogP contribution in [0.3, 0.4) is 0 Å². The summed E-state index contributed by atoms with van der Waals surface area (Å²) in [6.45, 7) is 2.74. The number of benzene rings is 1. The molecule has 0 aliphatic rings. The van der Waals surface area contributed by atoms with Gasteiger partial charge in [-0.05, 0) is 28.9 Å². The first-order valence-electron chi connectivity index (χ1n) is 6.20. The number of hydrogen-bond acceptors (Lipinski definition) is 5. The van der Waals surface area contributed by atoms with Crippen LogP contribution in [0.25, 0.3) is 16.9 Å². The van der Waals surface area contributed by atoms with Gasteiger partial charge in [-0.25, -0.2) is 0 Å². The molecule has 0 radical (unpaired) electrons. The second-order valence-electron chi connectivity index (χ2n) is 4.22. The number of hydrogen-bond donors (Lipinski definition) is 2. The maximum absolute atomic E-state index is 5.92. The van der Waals surface area contributed by atoms with Gasteiger partial charge in [-0.3, -0.25) is 0 Å². The van der Waals surface area contributed by atoms with Crippen LogP contribution < -0.4 is 11.1 Å². The Morgan fingerprint density at radius 2 is 2.10 bits per heavy atom. The molecule has 0 saturated carbocycles. The number of halogens is 1. The highest BCUT2D eigenvalue weighted by atomic mass is 79.9. The molecule has 0 spiro atoms.